The largest absolute Gasteiger partial charge is 0.481 e. The number of hydrogen-bond acceptors (Lipinski definition) is 5. The highest BCUT2D eigenvalue weighted by Crippen LogP contribution is 2.36. The number of carbonyl (C=O) groups excluding carboxylic acids is 1. The average molecular weight is 390 g/mol. The van der Waals surface area contributed by atoms with Crippen LogP contribution in [0.15, 0.2) is 18.2 Å². The molecule has 0 bridgehead atoms. The minimum Gasteiger partial charge on any atom is -0.481 e. The van der Waals surface area contributed by atoms with Crippen LogP contribution in [0.5, 0.6) is 0 Å². The number of nitro groups is 1. The van der Waals surface area contributed by atoms with Gasteiger partial charge in [-0.1, -0.05) is 0 Å². The molecule has 0 spiro atoms. The lowest BCUT2D eigenvalue weighted by atomic mass is 10.1. The van der Waals surface area contributed by atoms with Crippen molar-refractivity contribution in [3.63, 3.8) is 0 Å². The summed E-state index contributed by atoms with van der Waals surface area (Å²) in [5, 5.41) is 22.2. The Labute approximate surface area is 151 Å². The maximum atomic E-state index is 12.8. The Morgan fingerprint density at radius 3 is 2.37 bits per heavy atom. The molecule has 12 heteroatoms. The molecule has 1 aliphatic heterocycles. The van der Waals surface area contributed by atoms with Gasteiger partial charge < -0.3 is 20.2 Å². The second-order valence-corrected chi connectivity index (χ2v) is 5.81. The number of carbonyl (C=O) groups is 2. The molecule has 0 aromatic heterocycles. The van der Waals surface area contributed by atoms with E-state index in [1.54, 1.807) is 4.90 Å². The highest BCUT2D eigenvalue weighted by Gasteiger charge is 2.34. The molecule has 1 saturated heterocycles. The van der Waals surface area contributed by atoms with Gasteiger partial charge in [0, 0.05) is 38.8 Å². The molecule has 0 atom stereocenters. The third-order valence-corrected chi connectivity index (χ3v) is 4.02. The van der Waals surface area contributed by atoms with Crippen molar-refractivity contribution >= 4 is 23.4 Å². The molecule has 148 valence electrons. The normalized spacial score (nSPS) is 14.8. The molecule has 2 amide bonds. The first-order valence-corrected chi connectivity index (χ1v) is 7.94. The molecule has 1 aromatic rings. The van der Waals surface area contributed by atoms with Crippen LogP contribution in [-0.4, -0.2) is 59.7 Å². The van der Waals surface area contributed by atoms with Gasteiger partial charge in [0.1, 0.15) is 5.69 Å². The van der Waals surface area contributed by atoms with Gasteiger partial charge in [-0.3, -0.25) is 14.9 Å². The van der Waals surface area contributed by atoms with Gasteiger partial charge in [-0.25, -0.2) is 4.79 Å². The standard InChI is InChI=1S/C15H17F3N4O5/c16-15(17,18)10-1-2-11(12(9-10)22(26)27)20-5-7-21(8-6-20)14(25)19-4-3-13(23)24/h1-2,9H,3-8H2,(H,19,25)(H,23,24). The van der Waals surface area contributed by atoms with Crippen LogP contribution in [0.25, 0.3) is 0 Å². The molecule has 1 fully saturated rings. The molecular weight excluding hydrogens is 373 g/mol. The van der Waals surface area contributed by atoms with Gasteiger partial charge in [-0.2, -0.15) is 13.2 Å². The monoisotopic (exact) mass is 390 g/mol. The van der Waals surface area contributed by atoms with Crippen LogP contribution in [0.4, 0.5) is 29.3 Å². The van der Waals surface area contributed by atoms with Gasteiger partial charge in [0.2, 0.25) is 0 Å². The predicted molar refractivity (Wildman–Crippen MR) is 87.5 cm³/mol. The van der Waals surface area contributed by atoms with E-state index in [2.05, 4.69) is 5.32 Å². The number of amides is 2. The predicted octanol–water partition coefficient (Wildman–Crippen LogP) is 1.92. The van der Waals surface area contributed by atoms with Crippen molar-refractivity contribution in [2.45, 2.75) is 12.6 Å². The molecular formula is C15H17F3N4O5. The molecule has 9 nitrogen and oxygen atoms in total. The summed E-state index contributed by atoms with van der Waals surface area (Å²) in [7, 11) is 0. The Bertz CT molecular complexity index is 733. The molecule has 27 heavy (non-hydrogen) atoms. The molecule has 2 N–H and O–H groups in total. The lowest BCUT2D eigenvalue weighted by molar-refractivity contribution is -0.384. The number of carboxylic acid groups (broad SMARTS) is 1. The number of carboxylic acids is 1. The minimum atomic E-state index is -4.68. The third kappa shape index (κ3) is 5.21. The fourth-order valence-corrected chi connectivity index (χ4v) is 2.65. The Morgan fingerprint density at radius 2 is 1.85 bits per heavy atom. The van der Waals surface area contributed by atoms with Crippen LogP contribution >= 0.6 is 0 Å². The second kappa shape index (κ2) is 8.10. The molecule has 0 unspecified atom stereocenters. The van der Waals surface area contributed by atoms with Gasteiger partial charge in [-0.05, 0) is 12.1 Å². The van der Waals surface area contributed by atoms with Crippen LogP contribution < -0.4 is 10.2 Å². The van der Waals surface area contributed by atoms with Crippen molar-refractivity contribution in [3.8, 4) is 0 Å². The van der Waals surface area contributed by atoms with Crippen molar-refractivity contribution in [2.24, 2.45) is 0 Å². The number of nitro benzene ring substituents is 1. The number of alkyl halides is 3. The van der Waals surface area contributed by atoms with E-state index in [-0.39, 0.29) is 44.8 Å². The summed E-state index contributed by atoms with van der Waals surface area (Å²) < 4.78 is 38.3. The minimum absolute atomic E-state index is 0.0290. The maximum Gasteiger partial charge on any atom is 0.416 e. The summed E-state index contributed by atoms with van der Waals surface area (Å²) in [5.41, 5.74) is -1.70. The zero-order valence-electron chi connectivity index (χ0n) is 14.0. The molecule has 2 rings (SSSR count). The topological polar surface area (TPSA) is 116 Å². The number of anilines is 1. The van der Waals surface area contributed by atoms with Crippen molar-refractivity contribution in [1.29, 1.82) is 0 Å². The quantitative estimate of drug-likeness (QED) is 0.586. The van der Waals surface area contributed by atoms with Gasteiger partial charge in [0.25, 0.3) is 5.69 Å². The molecule has 0 radical (unpaired) electrons. The van der Waals surface area contributed by atoms with E-state index in [0.29, 0.717) is 6.07 Å². The lowest BCUT2D eigenvalue weighted by Crippen LogP contribution is -2.52. The van der Waals surface area contributed by atoms with Crippen molar-refractivity contribution in [3.05, 3.63) is 33.9 Å². The van der Waals surface area contributed by atoms with Gasteiger partial charge in [0.05, 0.1) is 16.9 Å². The van der Waals surface area contributed by atoms with E-state index >= 15 is 0 Å². The number of nitrogens with one attached hydrogen (secondary N) is 1. The smallest absolute Gasteiger partial charge is 0.416 e. The van der Waals surface area contributed by atoms with Gasteiger partial charge in [-0.15, -0.1) is 0 Å². The number of nitrogens with zero attached hydrogens (tertiary/aromatic N) is 3. The van der Waals surface area contributed by atoms with Crippen LogP contribution in [0, 0.1) is 10.1 Å². The molecule has 0 saturated carbocycles. The first-order valence-electron chi connectivity index (χ1n) is 7.94. The molecule has 0 aliphatic carbocycles. The number of hydrogen-bond donors (Lipinski definition) is 2. The number of rotatable bonds is 5. The molecule has 1 heterocycles. The fraction of sp³-hybridized carbons (Fsp3) is 0.467. The second-order valence-electron chi connectivity index (χ2n) is 5.81. The van der Waals surface area contributed by atoms with Crippen LogP contribution in [-0.2, 0) is 11.0 Å². The van der Waals surface area contributed by atoms with E-state index in [1.807, 2.05) is 0 Å². The number of aliphatic carboxylic acids is 1. The van der Waals surface area contributed by atoms with Crippen molar-refractivity contribution in [2.75, 3.05) is 37.6 Å². The Morgan fingerprint density at radius 1 is 1.22 bits per heavy atom. The Hall–Kier alpha value is -3.05. The summed E-state index contributed by atoms with van der Waals surface area (Å²) in [4.78, 5) is 35.6. The van der Waals surface area contributed by atoms with Crippen molar-refractivity contribution in [1.82, 2.24) is 10.2 Å². The highest BCUT2D eigenvalue weighted by atomic mass is 19.4. The van der Waals surface area contributed by atoms with E-state index in [9.17, 15) is 32.9 Å². The zero-order valence-corrected chi connectivity index (χ0v) is 14.0. The zero-order chi connectivity index (χ0) is 20.2. The SMILES string of the molecule is O=C(O)CCNC(=O)N1CCN(c2ccc(C(F)(F)F)cc2[N+](=O)[O-])CC1. The first-order chi connectivity index (χ1) is 12.6. The number of halogens is 3. The molecule has 1 aromatic carbocycles. The summed E-state index contributed by atoms with van der Waals surface area (Å²) in [6.45, 7) is 0.740. The number of benzene rings is 1. The average Bonchev–Trinajstić information content (AvgIpc) is 2.60. The van der Waals surface area contributed by atoms with Crippen LogP contribution in [0.2, 0.25) is 0 Å². The van der Waals surface area contributed by atoms with E-state index in [0.717, 1.165) is 12.1 Å². The first kappa shape index (κ1) is 20.3. The summed E-state index contributed by atoms with van der Waals surface area (Å²) >= 11 is 0. The summed E-state index contributed by atoms with van der Waals surface area (Å²) in [6.07, 6.45) is -4.90. The van der Waals surface area contributed by atoms with Crippen molar-refractivity contribution < 1.29 is 32.8 Å². The lowest BCUT2D eigenvalue weighted by Gasteiger charge is -2.35. The summed E-state index contributed by atoms with van der Waals surface area (Å²) in [5.74, 6) is -1.05. The Kier molecular flexibility index (Phi) is 6.08. The third-order valence-electron chi connectivity index (χ3n) is 4.02. The van der Waals surface area contributed by atoms with E-state index in [1.165, 1.54) is 4.90 Å². The maximum absolute atomic E-state index is 12.8. The van der Waals surface area contributed by atoms with Gasteiger partial charge in [0.15, 0.2) is 0 Å². The van der Waals surface area contributed by atoms with E-state index < -0.39 is 34.4 Å². The molecule has 1 aliphatic rings. The highest BCUT2D eigenvalue weighted by molar-refractivity contribution is 5.76. The fourth-order valence-electron chi connectivity index (χ4n) is 2.65. The summed E-state index contributed by atoms with van der Waals surface area (Å²) in [6, 6.07) is 1.88. The van der Waals surface area contributed by atoms with E-state index in [4.69, 9.17) is 5.11 Å². The number of urea groups is 1. The van der Waals surface area contributed by atoms with Crippen LogP contribution in [0.3, 0.4) is 0 Å². The van der Waals surface area contributed by atoms with Gasteiger partial charge >= 0.3 is 18.2 Å². The number of piperazine rings is 1. The Balaban J connectivity index is 2.04. The van der Waals surface area contributed by atoms with Crippen LogP contribution in [0.1, 0.15) is 12.0 Å².